The predicted molar refractivity (Wildman–Crippen MR) is 58.0 cm³/mol. The Hall–Kier alpha value is -1.96. The van der Waals surface area contributed by atoms with E-state index in [0.717, 1.165) is 23.9 Å². The number of carboxylic acid groups (broad SMARTS) is 1. The maximum Gasteiger partial charge on any atom is 0.314 e. The van der Waals surface area contributed by atoms with Crippen LogP contribution in [-0.2, 0) is 4.79 Å². The molecule has 0 bridgehead atoms. The first-order valence-corrected chi connectivity index (χ1v) is 5.69. The smallest absolute Gasteiger partial charge is 0.314 e. The van der Waals surface area contributed by atoms with Gasteiger partial charge in [-0.3, -0.25) is 4.79 Å². The van der Waals surface area contributed by atoms with Crippen LogP contribution in [0.15, 0.2) is 27.8 Å². The van der Waals surface area contributed by atoms with Gasteiger partial charge in [0.15, 0.2) is 0 Å². The summed E-state index contributed by atoms with van der Waals surface area (Å²) in [5.41, 5.74) is -0.424. The summed E-state index contributed by atoms with van der Waals surface area (Å²) in [4.78, 5) is 10.3. The van der Waals surface area contributed by atoms with E-state index in [2.05, 4.69) is 10.2 Å². The molecule has 1 aromatic heterocycles. The van der Waals surface area contributed by atoms with Gasteiger partial charge < -0.3 is 9.52 Å². The molecule has 0 fully saturated rings. The number of halogens is 2. The number of rotatable bonds is 4. The first kappa shape index (κ1) is 12.5. The fourth-order valence-corrected chi connectivity index (χ4v) is 1.68. The van der Waals surface area contributed by atoms with Crippen molar-refractivity contribution in [1.82, 2.24) is 10.2 Å². The highest BCUT2D eigenvalue weighted by Gasteiger charge is 2.18. The minimum absolute atomic E-state index is 0.0601. The van der Waals surface area contributed by atoms with Gasteiger partial charge in [0, 0.05) is 0 Å². The van der Waals surface area contributed by atoms with Gasteiger partial charge in [0.05, 0.1) is 0 Å². The van der Waals surface area contributed by atoms with E-state index in [9.17, 15) is 13.6 Å². The minimum Gasteiger partial charge on any atom is -0.481 e. The van der Waals surface area contributed by atoms with Crippen LogP contribution in [0.1, 0.15) is 0 Å². The molecule has 0 radical (unpaired) electrons. The average Bonchev–Trinajstić information content (AvgIpc) is 2.75. The van der Waals surface area contributed by atoms with Crippen molar-refractivity contribution < 1.29 is 23.1 Å². The van der Waals surface area contributed by atoms with Crippen LogP contribution in [0.3, 0.4) is 0 Å². The van der Waals surface area contributed by atoms with Gasteiger partial charge in [-0.2, -0.15) is 0 Å². The second kappa shape index (κ2) is 5.13. The molecule has 1 heterocycles. The summed E-state index contributed by atoms with van der Waals surface area (Å²) < 4.78 is 31.8. The molecule has 0 amide bonds. The number of aromatic nitrogens is 2. The molecule has 0 saturated heterocycles. The van der Waals surface area contributed by atoms with Crippen LogP contribution in [-0.4, -0.2) is 27.0 Å². The monoisotopic (exact) mass is 272 g/mol. The number of hydrogen-bond donors (Lipinski definition) is 1. The van der Waals surface area contributed by atoms with Crippen molar-refractivity contribution in [2.24, 2.45) is 0 Å². The summed E-state index contributed by atoms with van der Waals surface area (Å²) in [6.45, 7) is 0. The molecule has 2 aromatic rings. The summed E-state index contributed by atoms with van der Waals surface area (Å²) in [6, 6.07) is 3.34. The highest BCUT2D eigenvalue weighted by Crippen LogP contribution is 2.27. The van der Waals surface area contributed by atoms with Gasteiger partial charge in [0.25, 0.3) is 11.1 Å². The third-order valence-electron chi connectivity index (χ3n) is 1.90. The Bertz CT molecular complexity index is 568. The van der Waals surface area contributed by atoms with Crippen LogP contribution in [0.2, 0.25) is 0 Å². The second-order valence-corrected chi connectivity index (χ2v) is 4.08. The summed E-state index contributed by atoms with van der Waals surface area (Å²) in [6.07, 6.45) is 0. The molecule has 0 aliphatic carbocycles. The van der Waals surface area contributed by atoms with Crippen LogP contribution in [0, 0.1) is 11.6 Å². The average molecular weight is 272 g/mol. The molecular weight excluding hydrogens is 266 g/mol. The van der Waals surface area contributed by atoms with Gasteiger partial charge in [-0.1, -0.05) is 17.8 Å². The third kappa shape index (κ3) is 2.65. The lowest BCUT2D eigenvalue weighted by atomic mass is 10.2. The van der Waals surface area contributed by atoms with Gasteiger partial charge in [-0.25, -0.2) is 8.78 Å². The van der Waals surface area contributed by atoms with Gasteiger partial charge in [-0.05, 0) is 12.1 Å². The number of aliphatic carboxylic acids is 1. The molecule has 8 heteroatoms. The Morgan fingerprint density at radius 3 is 2.61 bits per heavy atom. The topological polar surface area (TPSA) is 76.2 Å². The maximum atomic E-state index is 13.4. The van der Waals surface area contributed by atoms with E-state index < -0.39 is 23.2 Å². The maximum absolute atomic E-state index is 13.4. The highest BCUT2D eigenvalue weighted by molar-refractivity contribution is 7.99. The van der Waals surface area contributed by atoms with E-state index in [1.54, 1.807) is 0 Å². The molecule has 0 aliphatic rings. The van der Waals surface area contributed by atoms with Crippen molar-refractivity contribution in [3.8, 4) is 11.5 Å². The van der Waals surface area contributed by atoms with Crippen LogP contribution >= 0.6 is 11.8 Å². The molecule has 2 rings (SSSR count). The van der Waals surface area contributed by atoms with Crippen molar-refractivity contribution in [2.75, 3.05) is 5.75 Å². The number of benzene rings is 1. The van der Waals surface area contributed by atoms with Crippen LogP contribution in [0.25, 0.3) is 11.5 Å². The minimum atomic E-state index is -1.06. The summed E-state index contributed by atoms with van der Waals surface area (Å²) in [7, 11) is 0. The van der Waals surface area contributed by atoms with Crippen molar-refractivity contribution in [1.29, 1.82) is 0 Å². The quantitative estimate of drug-likeness (QED) is 0.860. The lowest BCUT2D eigenvalue weighted by molar-refractivity contribution is -0.133. The Morgan fingerprint density at radius 2 is 2.00 bits per heavy atom. The third-order valence-corrected chi connectivity index (χ3v) is 2.71. The van der Waals surface area contributed by atoms with E-state index in [-0.39, 0.29) is 16.9 Å². The zero-order chi connectivity index (χ0) is 13.1. The molecule has 0 unspecified atom stereocenters. The molecule has 94 valence electrons. The Balaban J connectivity index is 2.27. The summed E-state index contributed by atoms with van der Waals surface area (Å²) >= 11 is 0.771. The zero-order valence-electron chi connectivity index (χ0n) is 8.76. The highest BCUT2D eigenvalue weighted by atomic mass is 32.2. The Labute approximate surface area is 104 Å². The van der Waals surface area contributed by atoms with Crippen LogP contribution < -0.4 is 0 Å². The van der Waals surface area contributed by atoms with E-state index in [0.29, 0.717) is 0 Å². The number of carbonyl (C=O) groups is 1. The summed E-state index contributed by atoms with van der Waals surface area (Å²) in [5.74, 6) is -3.31. The molecule has 5 nitrogen and oxygen atoms in total. The fraction of sp³-hybridized carbons (Fsp3) is 0.100. The SMILES string of the molecule is O=C(O)CSc1nnc(-c2c(F)cccc2F)o1. The number of nitrogens with zero attached hydrogens (tertiary/aromatic N) is 2. The molecule has 1 aromatic carbocycles. The zero-order valence-corrected chi connectivity index (χ0v) is 9.58. The fourth-order valence-electron chi connectivity index (χ4n) is 1.19. The Kier molecular flexibility index (Phi) is 3.56. The van der Waals surface area contributed by atoms with E-state index >= 15 is 0 Å². The molecular formula is C10H6F2N2O3S. The van der Waals surface area contributed by atoms with Gasteiger partial charge in [0.1, 0.15) is 23.0 Å². The predicted octanol–water partition coefficient (Wildman–Crippen LogP) is 2.19. The van der Waals surface area contributed by atoms with E-state index in [1.165, 1.54) is 6.07 Å². The van der Waals surface area contributed by atoms with Crippen molar-refractivity contribution in [3.63, 3.8) is 0 Å². The van der Waals surface area contributed by atoms with Crippen molar-refractivity contribution in [3.05, 3.63) is 29.8 Å². The van der Waals surface area contributed by atoms with Gasteiger partial charge >= 0.3 is 5.97 Å². The molecule has 18 heavy (non-hydrogen) atoms. The number of thioether (sulfide) groups is 1. The lowest BCUT2D eigenvalue weighted by Crippen LogP contribution is -1.97. The molecule has 0 spiro atoms. The normalized spacial score (nSPS) is 10.6. The molecule has 1 N–H and O–H groups in total. The van der Waals surface area contributed by atoms with E-state index in [1.807, 2.05) is 0 Å². The number of carboxylic acids is 1. The first-order valence-electron chi connectivity index (χ1n) is 4.70. The standard InChI is InChI=1S/C10H6F2N2O3S/c11-5-2-1-3-6(12)8(5)9-13-14-10(17-9)18-4-7(15)16/h1-3H,4H2,(H,15,16). The van der Waals surface area contributed by atoms with Gasteiger partial charge in [-0.15, -0.1) is 10.2 Å². The molecule has 0 atom stereocenters. The lowest BCUT2D eigenvalue weighted by Gasteiger charge is -1.98. The van der Waals surface area contributed by atoms with Crippen molar-refractivity contribution in [2.45, 2.75) is 5.22 Å². The van der Waals surface area contributed by atoms with Crippen molar-refractivity contribution >= 4 is 17.7 Å². The Morgan fingerprint density at radius 1 is 1.33 bits per heavy atom. The summed E-state index contributed by atoms with van der Waals surface area (Å²) in [5, 5.41) is 15.4. The number of hydrogen-bond acceptors (Lipinski definition) is 5. The van der Waals surface area contributed by atoms with E-state index in [4.69, 9.17) is 9.52 Å². The largest absolute Gasteiger partial charge is 0.481 e. The molecule has 0 aliphatic heterocycles. The first-order chi connectivity index (χ1) is 8.58. The second-order valence-electron chi connectivity index (χ2n) is 3.15. The van der Waals surface area contributed by atoms with Crippen LogP contribution in [0.4, 0.5) is 8.78 Å². The van der Waals surface area contributed by atoms with Crippen LogP contribution in [0.5, 0.6) is 0 Å². The van der Waals surface area contributed by atoms with Gasteiger partial charge in [0.2, 0.25) is 0 Å². The molecule has 0 saturated carbocycles.